The number of halogens is 1. The molecule has 1 unspecified atom stereocenters. The van der Waals surface area contributed by atoms with Crippen molar-refractivity contribution in [3.63, 3.8) is 0 Å². The van der Waals surface area contributed by atoms with Crippen LogP contribution in [0.5, 0.6) is 0 Å². The van der Waals surface area contributed by atoms with Crippen LogP contribution in [0.15, 0.2) is 76.9 Å². The number of aliphatic hydroxyl groups excluding tert-OH is 1. The Bertz CT molecular complexity index is 1080. The predicted molar refractivity (Wildman–Crippen MR) is 111 cm³/mol. The summed E-state index contributed by atoms with van der Waals surface area (Å²) in [5.74, 6) is -1.36. The van der Waals surface area contributed by atoms with Crippen LogP contribution < -0.4 is 4.90 Å². The van der Waals surface area contributed by atoms with Crippen LogP contribution in [0.25, 0.3) is 5.76 Å². The summed E-state index contributed by atoms with van der Waals surface area (Å²) in [6.07, 6.45) is 2.33. The van der Waals surface area contributed by atoms with E-state index in [-0.39, 0.29) is 11.3 Å². The smallest absolute Gasteiger partial charge is 0.300 e. The Hall–Kier alpha value is -3.31. The van der Waals surface area contributed by atoms with E-state index in [0.29, 0.717) is 22.0 Å². The summed E-state index contributed by atoms with van der Waals surface area (Å²) < 4.78 is 5.53. The van der Waals surface area contributed by atoms with E-state index in [1.807, 2.05) is 19.1 Å². The Morgan fingerprint density at radius 1 is 1.07 bits per heavy atom. The molecule has 1 atom stereocenters. The van der Waals surface area contributed by atoms with Crippen molar-refractivity contribution in [3.05, 3.63) is 94.4 Å². The first-order valence-electron chi connectivity index (χ1n) is 9.20. The van der Waals surface area contributed by atoms with E-state index in [0.717, 1.165) is 12.0 Å². The van der Waals surface area contributed by atoms with E-state index in [2.05, 4.69) is 0 Å². The van der Waals surface area contributed by atoms with Crippen molar-refractivity contribution in [3.8, 4) is 0 Å². The molecule has 1 N–H and O–H groups in total. The molecular weight excluding hydrogens is 390 g/mol. The molecule has 6 heteroatoms. The normalized spacial score (nSPS) is 18.4. The minimum atomic E-state index is -0.867. The summed E-state index contributed by atoms with van der Waals surface area (Å²) in [5, 5.41) is 11.4. The Kier molecular flexibility index (Phi) is 4.99. The largest absolute Gasteiger partial charge is 0.507 e. The van der Waals surface area contributed by atoms with Crippen LogP contribution in [-0.4, -0.2) is 16.8 Å². The number of rotatable bonds is 4. The van der Waals surface area contributed by atoms with Crippen molar-refractivity contribution in [1.29, 1.82) is 0 Å². The second-order valence-electron chi connectivity index (χ2n) is 6.71. The number of hydrogen-bond acceptors (Lipinski definition) is 4. The zero-order chi connectivity index (χ0) is 20.5. The highest BCUT2D eigenvalue weighted by molar-refractivity contribution is 6.51. The second kappa shape index (κ2) is 7.60. The fraction of sp³-hybridized carbons (Fsp3) is 0.130. The van der Waals surface area contributed by atoms with Gasteiger partial charge in [0.25, 0.3) is 11.7 Å². The molecule has 0 aliphatic carbocycles. The van der Waals surface area contributed by atoms with Gasteiger partial charge in [-0.1, -0.05) is 30.7 Å². The maximum atomic E-state index is 12.9. The van der Waals surface area contributed by atoms with Gasteiger partial charge in [0.2, 0.25) is 0 Å². The molecule has 1 amide bonds. The summed E-state index contributed by atoms with van der Waals surface area (Å²) >= 11 is 5.92. The number of aryl methyl sites for hydroxylation is 1. The number of carbonyl (C=O) groups is 2. The number of Topliss-reactive ketones (excluding diaryl/α,β-unsaturated/α-hetero) is 1. The minimum Gasteiger partial charge on any atom is -0.507 e. The summed E-state index contributed by atoms with van der Waals surface area (Å²) in [4.78, 5) is 27.2. The lowest BCUT2D eigenvalue weighted by atomic mass is 9.99. The number of ketones is 1. The van der Waals surface area contributed by atoms with Gasteiger partial charge in [0, 0.05) is 16.3 Å². The molecular formula is C23H18ClNO4. The van der Waals surface area contributed by atoms with Gasteiger partial charge in [-0.05, 0) is 60.5 Å². The predicted octanol–water partition coefficient (Wildman–Crippen LogP) is 5.12. The average molecular weight is 408 g/mol. The number of hydrogen-bond donors (Lipinski definition) is 1. The van der Waals surface area contributed by atoms with Crippen LogP contribution in [0.4, 0.5) is 5.69 Å². The molecule has 146 valence electrons. The zero-order valence-electron chi connectivity index (χ0n) is 15.6. The van der Waals surface area contributed by atoms with Crippen molar-refractivity contribution in [2.45, 2.75) is 19.4 Å². The van der Waals surface area contributed by atoms with Crippen molar-refractivity contribution < 1.29 is 19.1 Å². The van der Waals surface area contributed by atoms with Gasteiger partial charge in [0.15, 0.2) is 0 Å². The molecule has 0 saturated carbocycles. The summed E-state index contributed by atoms with van der Waals surface area (Å²) in [5.41, 5.74) is 2.04. The lowest BCUT2D eigenvalue weighted by Crippen LogP contribution is -2.29. The molecule has 4 rings (SSSR count). The third-order valence-electron chi connectivity index (χ3n) is 5.00. The first kappa shape index (κ1) is 19.0. The highest BCUT2D eigenvalue weighted by Crippen LogP contribution is 2.42. The first-order chi connectivity index (χ1) is 14.0. The summed E-state index contributed by atoms with van der Waals surface area (Å²) in [6, 6.07) is 16.3. The molecule has 1 saturated heterocycles. The van der Waals surface area contributed by atoms with E-state index >= 15 is 0 Å². The van der Waals surface area contributed by atoms with E-state index in [9.17, 15) is 14.7 Å². The standard InChI is InChI=1S/C23H18ClNO4/c1-2-14-5-11-17(12-6-14)25-20(18-4-3-13-29-18)19(22(27)23(25)28)21(26)15-7-9-16(24)10-8-15/h3-13,20,26H,2H2,1H3/b21-19-. The lowest BCUT2D eigenvalue weighted by molar-refractivity contribution is -0.132. The molecule has 1 aliphatic heterocycles. The van der Waals surface area contributed by atoms with Crippen LogP contribution in [0.1, 0.15) is 29.9 Å². The topological polar surface area (TPSA) is 70.8 Å². The van der Waals surface area contributed by atoms with Gasteiger partial charge >= 0.3 is 0 Å². The fourth-order valence-corrected chi connectivity index (χ4v) is 3.60. The number of aliphatic hydroxyl groups is 1. The molecule has 0 bridgehead atoms. The maximum Gasteiger partial charge on any atom is 0.300 e. The third-order valence-corrected chi connectivity index (χ3v) is 5.25. The molecule has 1 aromatic heterocycles. The molecule has 2 aromatic carbocycles. The summed E-state index contributed by atoms with van der Waals surface area (Å²) in [7, 11) is 0. The number of nitrogens with zero attached hydrogens (tertiary/aromatic N) is 1. The summed E-state index contributed by atoms with van der Waals surface area (Å²) in [6.45, 7) is 2.04. The van der Waals surface area contributed by atoms with Crippen molar-refractivity contribution >= 4 is 34.7 Å². The minimum absolute atomic E-state index is 0.0214. The number of anilines is 1. The van der Waals surface area contributed by atoms with Gasteiger partial charge in [0.05, 0.1) is 11.8 Å². The van der Waals surface area contributed by atoms with E-state index in [4.69, 9.17) is 16.0 Å². The van der Waals surface area contributed by atoms with Gasteiger partial charge in [-0.3, -0.25) is 14.5 Å². The number of benzene rings is 2. The van der Waals surface area contributed by atoms with Crippen molar-refractivity contribution in [2.24, 2.45) is 0 Å². The van der Waals surface area contributed by atoms with E-state index in [1.54, 1.807) is 48.5 Å². The zero-order valence-corrected chi connectivity index (χ0v) is 16.4. The van der Waals surface area contributed by atoms with Crippen LogP contribution in [0.3, 0.4) is 0 Å². The van der Waals surface area contributed by atoms with Crippen LogP contribution in [-0.2, 0) is 16.0 Å². The molecule has 1 fully saturated rings. The Morgan fingerprint density at radius 3 is 2.34 bits per heavy atom. The van der Waals surface area contributed by atoms with E-state index in [1.165, 1.54) is 11.2 Å². The molecule has 29 heavy (non-hydrogen) atoms. The molecule has 1 aliphatic rings. The Balaban J connectivity index is 1.88. The highest BCUT2D eigenvalue weighted by Gasteiger charge is 2.48. The molecule has 0 radical (unpaired) electrons. The highest BCUT2D eigenvalue weighted by atomic mass is 35.5. The molecule has 5 nitrogen and oxygen atoms in total. The van der Waals surface area contributed by atoms with Crippen LogP contribution >= 0.6 is 11.6 Å². The number of carbonyl (C=O) groups excluding carboxylic acids is 2. The SMILES string of the molecule is CCc1ccc(N2C(=O)C(=O)/C(=C(\O)c3ccc(Cl)cc3)C2c2ccco2)cc1. The van der Waals surface area contributed by atoms with Gasteiger partial charge in [-0.15, -0.1) is 0 Å². The number of furan rings is 1. The van der Waals surface area contributed by atoms with Gasteiger partial charge in [-0.25, -0.2) is 0 Å². The molecule has 3 aromatic rings. The van der Waals surface area contributed by atoms with Gasteiger partial charge in [0.1, 0.15) is 17.6 Å². The quantitative estimate of drug-likeness (QED) is 0.370. The third kappa shape index (κ3) is 3.34. The number of amides is 1. The Labute approximate surface area is 172 Å². The van der Waals surface area contributed by atoms with E-state index < -0.39 is 17.7 Å². The fourth-order valence-electron chi connectivity index (χ4n) is 3.47. The monoisotopic (exact) mass is 407 g/mol. The van der Waals surface area contributed by atoms with Crippen LogP contribution in [0.2, 0.25) is 5.02 Å². The maximum absolute atomic E-state index is 12.9. The second-order valence-corrected chi connectivity index (χ2v) is 7.15. The molecule has 0 spiro atoms. The van der Waals surface area contributed by atoms with Crippen molar-refractivity contribution in [2.75, 3.05) is 4.90 Å². The van der Waals surface area contributed by atoms with Crippen LogP contribution in [0, 0.1) is 0 Å². The van der Waals surface area contributed by atoms with Gasteiger partial charge in [-0.2, -0.15) is 0 Å². The van der Waals surface area contributed by atoms with Crippen molar-refractivity contribution in [1.82, 2.24) is 0 Å². The van der Waals surface area contributed by atoms with Gasteiger partial charge < -0.3 is 9.52 Å². The average Bonchev–Trinajstić information content (AvgIpc) is 3.35. The molecule has 2 heterocycles. The lowest BCUT2D eigenvalue weighted by Gasteiger charge is -2.23. The first-order valence-corrected chi connectivity index (χ1v) is 9.58. The Morgan fingerprint density at radius 2 is 1.76 bits per heavy atom.